The standard InChI is InChI=1S/C11H22N2O/c1-11(2)9-14-7-6-13(11)10-4-3-5-12-8-10/h10,12H,3-9H2,1-2H3. The van der Waals surface area contributed by atoms with Gasteiger partial charge in [-0.2, -0.15) is 0 Å². The number of nitrogens with one attached hydrogen (secondary N) is 1. The second-order valence-corrected chi connectivity index (χ2v) is 5.06. The summed E-state index contributed by atoms with van der Waals surface area (Å²) in [6, 6.07) is 0.725. The van der Waals surface area contributed by atoms with E-state index in [1.54, 1.807) is 0 Å². The number of hydrogen-bond acceptors (Lipinski definition) is 3. The molecule has 2 heterocycles. The maximum absolute atomic E-state index is 5.54. The summed E-state index contributed by atoms with van der Waals surface area (Å²) in [4.78, 5) is 2.63. The largest absolute Gasteiger partial charge is 0.378 e. The molecule has 0 aromatic heterocycles. The van der Waals surface area contributed by atoms with E-state index in [1.165, 1.54) is 19.4 Å². The predicted octanol–water partition coefficient (Wildman–Crippen LogP) is 0.849. The summed E-state index contributed by atoms with van der Waals surface area (Å²) in [7, 11) is 0. The van der Waals surface area contributed by atoms with Crippen LogP contribution in [0.5, 0.6) is 0 Å². The molecule has 0 aliphatic carbocycles. The Morgan fingerprint density at radius 1 is 1.43 bits per heavy atom. The minimum absolute atomic E-state index is 0.224. The summed E-state index contributed by atoms with van der Waals surface area (Å²) in [6.45, 7) is 9.81. The van der Waals surface area contributed by atoms with Gasteiger partial charge in [-0.15, -0.1) is 0 Å². The molecule has 2 rings (SSSR count). The summed E-state index contributed by atoms with van der Waals surface area (Å²) >= 11 is 0. The zero-order valence-corrected chi connectivity index (χ0v) is 9.38. The Bertz CT molecular complexity index is 188. The fourth-order valence-electron chi connectivity index (χ4n) is 2.65. The van der Waals surface area contributed by atoms with Gasteiger partial charge in [0.1, 0.15) is 0 Å². The van der Waals surface area contributed by atoms with Crippen LogP contribution in [-0.4, -0.2) is 49.3 Å². The number of ether oxygens (including phenoxy) is 1. The van der Waals surface area contributed by atoms with Gasteiger partial charge in [-0.1, -0.05) is 0 Å². The lowest BCUT2D eigenvalue weighted by molar-refractivity contribution is -0.0753. The van der Waals surface area contributed by atoms with E-state index in [1.807, 2.05) is 0 Å². The first-order chi connectivity index (χ1) is 6.70. The average Bonchev–Trinajstić information content (AvgIpc) is 2.18. The molecule has 1 N–H and O–H groups in total. The number of morpholine rings is 1. The molecule has 0 spiro atoms. The quantitative estimate of drug-likeness (QED) is 0.676. The number of rotatable bonds is 1. The molecule has 0 radical (unpaired) electrons. The first-order valence-corrected chi connectivity index (χ1v) is 5.75. The van der Waals surface area contributed by atoms with Crippen LogP contribution < -0.4 is 5.32 Å². The van der Waals surface area contributed by atoms with E-state index >= 15 is 0 Å². The van der Waals surface area contributed by atoms with Crippen molar-refractivity contribution in [1.29, 1.82) is 0 Å². The van der Waals surface area contributed by atoms with Gasteiger partial charge < -0.3 is 10.1 Å². The van der Waals surface area contributed by atoms with Crippen LogP contribution in [0.3, 0.4) is 0 Å². The van der Waals surface area contributed by atoms with Crippen molar-refractivity contribution >= 4 is 0 Å². The third-order valence-corrected chi connectivity index (χ3v) is 3.42. The number of hydrogen-bond donors (Lipinski definition) is 1. The van der Waals surface area contributed by atoms with Gasteiger partial charge in [0.15, 0.2) is 0 Å². The molecule has 0 saturated carbocycles. The van der Waals surface area contributed by atoms with Crippen LogP contribution in [0.15, 0.2) is 0 Å². The molecule has 2 fully saturated rings. The zero-order valence-electron chi connectivity index (χ0n) is 9.38. The van der Waals surface area contributed by atoms with Gasteiger partial charge in [0.2, 0.25) is 0 Å². The summed E-state index contributed by atoms with van der Waals surface area (Å²) in [5, 5.41) is 3.49. The monoisotopic (exact) mass is 198 g/mol. The van der Waals surface area contributed by atoms with Gasteiger partial charge in [0.25, 0.3) is 0 Å². The van der Waals surface area contributed by atoms with Crippen molar-refractivity contribution in [2.75, 3.05) is 32.8 Å². The van der Waals surface area contributed by atoms with Gasteiger partial charge in [0, 0.05) is 24.7 Å². The van der Waals surface area contributed by atoms with Gasteiger partial charge >= 0.3 is 0 Å². The molecule has 3 nitrogen and oxygen atoms in total. The maximum Gasteiger partial charge on any atom is 0.0645 e. The maximum atomic E-state index is 5.54. The average molecular weight is 198 g/mol. The number of piperidine rings is 1. The fourth-order valence-corrected chi connectivity index (χ4v) is 2.65. The van der Waals surface area contributed by atoms with E-state index in [2.05, 4.69) is 24.1 Å². The zero-order chi connectivity index (χ0) is 10.0. The first-order valence-electron chi connectivity index (χ1n) is 5.75. The number of nitrogens with zero attached hydrogens (tertiary/aromatic N) is 1. The van der Waals surface area contributed by atoms with E-state index < -0.39 is 0 Å². The van der Waals surface area contributed by atoms with Crippen LogP contribution in [0.2, 0.25) is 0 Å². The van der Waals surface area contributed by atoms with E-state index in [9.17, 15) is 0 Å². The third-order valence-electron chi connectivity index (χ3n) is 3.42. The molecule has 2 aliphatic rings. The Morgan fingerprint density at radius 2 is 2.29 bits per heavy atom. The molecular formula is C11H22N2O. The lowest BCUT2D eigenvalue weighted by Crippen LogP contribution is -2.60. The molecule has 82 valence electrons. The van der Waals surface area contributed by atoms with Gasteiger partial charge in [-0.05, 0) is 33.2 Å². The highest BCUT2D eigenvalue weighted by atomic mass is 16.5. The van der Waals surface area contributed by atoms with Gasteiger partial charge in [0.05, 0.1) is 13.2 Å². The topological polar surface area (TPSA) is 24.5 Å². The van der Waals surface area contributed by atoms with Crippen molar-refractivity contribution < 1.29 is 4.74 Å². The van der Waals surface area contributed by atoms with Crippen LogP contribution >= 0.6 is 0 Å². The van der Waals surface area contributed by atoms with Crippen molar-refractivity contribution in [3.05, 3.63) is 0 Å². The Labute approximate surface area is 86.8 Å². The van der Waals surface area contributed by atoms with E-state index in [4.69, 9.17) is 4.74 Å². The minimum Gasteiger partial charge on any atom is -0.378 e. The lowest BCUT2D eigenvalue weighted by atomic mass is 9.96. The molecule has 2 aliphatic heterocycles. The van der Waals surface area contributed by atoms with Crippen LogP contribution in [-0.2, 0) is 4.74 Å². The summed E-state index contributed by atoms with van der Waals surface area (Å²) in [6.07, 6.45) is 2.66. The van der Waals surface area contributed by atoms with Crippen LogP contribution in [0, 0.1) is 0 Å². The Morgan fingerprint density at radius 3 is 2.93 bits per heavy atom. The second kappa shape index (κ2) is 4.17. The Kier molecular flexibility index (Phi) is 3.10. The third kappa shape index (κ3) is 2.10. The van der Waals surface area contributed by atoms with Crippen molar-refractivity contribution in [3.8, 4) is 0 Å². The van der Waals surface area contributed by atoms with Gasteiger partial charge in [-0.25, -0.2) is 0 Å². The normalized spacial score (nSPS) is 34.3. The molecule has 0 aromatic carbocycles. The van der Waals surface area contributed by atoms with Crippen molar-refractivity contribution in [1.82, 2.24) is 10.2 Å². The molecule has 0 aromatic rings. The lowest BCUT2D eigenvalue weighted by Gasteiger charge is -2.47. The highest BCUT2D eigenvalue weighted by Gasteiger charge is 2.35. The van der Waals surface area contributed by atoms with Crippen molar-refractivity contribution in [3.63, 3.8) is 0 Å². The van der Waals surface area contributed by atoms with Crippen molar-refractivity contribution in [2.24, 2.45) is 0 Å². The summed E-state index contributed by atoms with van der Waals surface area (Å²) < 4.78 is 5.54. The molecule has 0 amide bonds. The van der Waals surface area contributed by atoms with E-state index in [0.717, 1.165) is 32.3 Å². The first kappa shape index (κ1) is 10.4. The second-order valence-electron chi connectivity index (χ2n) is 5.06. The Hall–Kier alpha value is -0.120. The Balaban J connectivity index is 1.99. The molecule has 0 bridgehead atoms. The SMILES string of the molecule is CC1(C)COCCN1C1CCCNC1. The molecule has 14 heavy (non-hydrogen) atoms. The van der Waals surface area contributed by atoms with Gasteiger partial charge in [-0.3, -0.25) is 4.90 Å². The molecule has 2 saturated heterocycles. The molecule has 1 unspecified atom stereocenters. The van der Waals surface area contributed by atoms with E-state index in [0.29, 0.717) is 0 Å². The van der Waals surface area contributed by atoms with E-state index in [-0.39, 0.29) is 5.54 Å². The summed E-state index contributed by atoms with van der Waals surface area (Å²) in [5.41, 5.74) is 0.224. The molecule has 1 atom stereocenters. The molecule has 3 heteroatoms. The van der Waals surface area contributed by atoms with Crippen molar-refractivity contribution in [2.45, 2.75) is 38.3 Å². The summed E-state index contributed by atoms with van der Waals surface area (Å²) in [5.74, 6) is 0. The predicted molar refractivity (Wildman–Crippen MR) is 57.5 cm³/mol. The molecular weight excluding hydrogens is 176 g/mol. The van der Waals surface area contributed by atoms with Crippen LogP contribution in [0.25, 0.3) is 0 Å². The fraction of sp³-hybridized carbons (Fsp3) is 1.00. The smallest absolute Gasteiger partial charge is 0.0645 e. The highest BCUT2D eigenvalue weighted by Crippen LogP contribution is 2.24. The van der Waals surface area contributed by atoms with Crippen LogP contribution in [0.4, 0.5) is 0 Å². The minimum atomic E-state index is 0.224. The highest BCUT2D eigenvalue weighted by molar-refractivity contribution is 4.91. The van der Waals surface area contributed by atoms with Crippen LogP contribution in [0.1, 0.15) is 26.7 Å².